The van der Waals surface area contributed by atoms with E-state index in [-0.39, 0.29) is 0 Å². The van der Waals surface area contributed by atoms with E-state index in [1.807, 2.05) is 0 Å². The molecular formula is C20H34N4. The van der Waals surface area contributed by atoms with Gasteiger partial charge in [-0.1, -0.05) is 13.8 Å². The average molecular weight is 331 g/mol. The van der Waals surface area contributed by atoms with Gasteiger partial charge in [0.15, 0.2) is 0 Å². The zero-order valence-corrected chi connectivity index (χ0v) is 15.6. The molecule has 1 saturated carbocycles. The maximum atomic E-state index is 6.00. The van der Waals surface area contributed by atoms with Crippen LogP contribution < -0.4 is 16.0 Å². The zero-order chi connectivity index (χ0) is 17.2. The minimum Gasteiger partial charge on any atom is -0.383 e. The van der Waals surface area contributed by atoms with Crippen molar-refractivity contribution in [3.05, 3.63) is 17.8 Å². The van der Waals surface area contributed by atoms with Gasteiger partial charge in [-0.2, -0.15) is 0 Å². The lowest BCUT2D eigenvalue weighted by Crippen LogP contribution is -2.37. The van der Waals surface area contributed by atoms with Gasteiger partial charge in [-0.3, -0.25) is 0 Å². The Morgan fingerprint density at radius 1 is 1.17 bits per heavy atom. The number of anilines is 2. The first kappa shape index (κ1) is 17.5. The number of nitrogens with zero attached hydrogens (tertiary/aromatic N) is 2. The second kappa shape index (κ2) is 7.30. The van der Waals surface area contributed by atoms with E-state index in [9.17, 15) is 0 Å². The number of nitrogens with two attached hydrogens (primary N) is 1. The van der Waals surface area contributed by atoms with E-state index in [4.69, 9.17) is 10.7 Å². The first-order chi connectivity index (χ1) is 11.4. The van der Waals surface area contributed by atoms with Crippen molar-refractivity contribution >= 4 is 11.5 Å². The van der Waals surface area contributed by atoms with Crippen molar-refractivity contribution in [3.8, 4) is 0 Å². The van der Waals surface area contributed by atoms with E-state index in [0.29, 0.717) is 11.5 Å². The summed E-state index contributed by atoms with van der Waals surface area (Å²) < 4.78 is 0. The van der Waals surface area contributed by atoms with Crippen molar-refractivity contribution in [1.82, 2.24) is 4.98 Å². The molecule has 134 valence electrons. The van der Waals surface area contributed by atoms with Gasteiger partial charge in [-0.15, -0.1) is 0 Å². The number of aryl methyl sites for hydroxylation is 1. The maximum absolute atomic E-state index is 6.00. The van der Waals surface area contributed by atoms with Gasteiger partial charge < -0.3 is 16.0 Å². The Morgan fingerprint density at radius 2 is 1.83 bits per heavy atom. The number of rotatable bonds is 4. The van der Waals surface area contributed by atoms with Crippen LogP contribution in [-0.4, -0.2) is 30.7 Å². The third-order valence-corrected chi connectivity index (χ3v) is 5.98. The summed E-state index contributed by atoms with van der Waals surface area (Å²) in [5.41, 5.74) is 8.78. The molecule has 0 unspecified atom stereocenters. The van der Waals surface area contributed by atoms with Crippen LogP contribution in [0.25, 0.3) is 0 Å². The Bertz CT molecular complexity index is 537. The van der Waals surface area contributed by atoms with Crippen molar-refractivity contribution in [2.24, 2.45) is 17.1 Å². The van der Waals surface area contributed by atoms with Crippen molar-refractivity contribution in [2.75, 3.05) is 29.9 Å². The highest BCUT2D eigenvalue weighted by atomic mass is 15.2. The van der Waals surface area contributed by atoms with E-state index in [1.54, 1.807) is 0 Å². The molecule has 0 atom stereocenters. The number of hydrogen-bond donors (Lipinski definition) is 2. The molecule has 0 aromatic carbocycles. The molecule has 2 fully saturated rings. The molecule has 3 rings (SSSR count). The summed E-state index contributed by atoms with van der Waals surface area (Å²) in [6.07, 6.45) is 7.35. The van der Waals surface area contributed by atoms with E-state index in [2.05, 4.69) is 43.1 Å². The van der Waals surface area contributed by atoms with Crippen LogP contribution in [0.3, 0.4) is 0 Å². The second-order valence-corrected chi connectivity index (χ2v) is 8.62. The van der Waals surface area contributed by atoms with Gasteiger partial charge >= 0.3 is 0 Å². The Hall–Kier alpha value is -1.29. The monoisotopic (exact) mass is 330 g/mol. The minimum atomic E-state index is 0.429. The van der Waals surface area contributed by atoms with Gasteiger partial charge in [-0.05, 0) is 68.9 Å². The summed E-state index contributed by atoms with van der Waals surface area (Å²) >= 11 is 0. The molecule has 1 aliphatic heterocycles. The molecule has 4 nitrogen and oxygen atoms in total. The van der Waals surface area contributed by atoms with E-state index >= 15 is 0 Å². The Balaban J connectivity index is 1.55. The predicted octanol–water partition coefficient (Wildman–Crippen LogP) is 3.95. The van der Waals surface area contributed by atoms with Crippen molar-refractivity contribution in [2.45, 2.75) is 65.3 Å². The number of piperidine rings is 1. The summed E-state index contributed by atoms with van der Waals surface area (Å²) in [5, 5.41) is 3.62. The Morgan fingerprint density at radius 3 is 2.46 bits per heavy atom. The molecule has 3 N–H and O–H groups in total. The minimum absolute atomic E-state index is 0.429. The summed E-state index contributed by atoms with van der Waals surface area (Å²) in [5.74, 6) is 1.89. The van der Waals surface area contributed by atoms with E-state index < -0.39 is 0 Å². The maximum Gasteiger partial charge on any atom is 0.128 e. The molecular weight excluding hydrogens is 296 g/mol. The fourth-order valence-electron chi connectivity index (χ4n) is 3.90. The smallest absolute Gasteiger partial charge is 0.128 e. The van der Waals surface area contributed by atoms with Gasteiger partial charge in [0, 0.05) is 25.7 Å². The molecule has 0 radical (unpaired) electrons. The van der Waals surface area contributed by atoms with Gasteiger partial charge in [0.1, 0.15) is 5.82 Å². The third-order valence-electron chi connectivity index (χ3n) is 5.98. The van der Waals surface area contributed by atoms with Gasteiger partial charge in [0.05, 0.1) is 11.4 Å². The van der Waals surface area contributed by atoms with Gasteiger partial charge in [0.25, 0.3) is 0 Å². The van der Waals surface area contributed by atoms with Gasteiger partial charge in [-0.25, -0.2) is 4.98 Å². The molecule has 1 aliphatic carbocycles. The summed E-state index contributed by atoms with van der Waals surface area (Å²) in [6, 6.07) is 4.83. The molecule has 1 aromatic heterocycles. The molecule has 1 aromatic rings. The molecule has 2 aliphatic rings. The first-order valence-corrected chi connectivity index (χ1v) is 9.65. The van der Waals surface area contributed by atoms with Crippen LogP contribution in [0.4, 0.5) is 11.5 Å². The highest BCUT2D eigenvalue weighted by Crippen LogP contribution is 2.32. The predicted molar refractivity (Wildman–Crippen MR) is 103 cm³/mol. The standard InChI is InChI=1S/C20H34N4/c1-15-18(22-14-16-4-6-17(21)7-5-16)8-9-19(23-15)24-12-10-20(2,3)11-13-24/h8-9,16-17,22H,4-7,10-14,21H2,1-3H3/t16-,17-. The quantitative estimate of drug-likeness (QED) is 0.878. The third kappa shape index (κ3) is 4.41. The van der Waals surface area contributed by atoms with Crippen LogP contribution in [0.2, 0.25) is 0 Å². The first-order valence-electron chi connectivity index (χ1n) is 9.65. The Kier molecular flexibility index (Phi) is 5.33. The average Bonchev–Trinajstić information content (AvgIpc) is 2.55. The van der Waals surface area contributed by atoms with Crippen LogP contribution in [0, 0.1) is 18.3 Å². The molecule has 1 saturated heterocycles. The molecule has 0 bridgehead atoms. The lowest BCUT2D eigenvalue weighted by atomic mass is 9.83. The largest absolute Gasteiger partial charge is 0.383 e. The normalized spacial score (nSPS) is 27.1. The van der Waals surface area contributed by atoms with Crippen LogP contribution in [0.15, 0.2) is 12.1 Å². The van der Waals surface area contributed by atoms with E-state index in [0.717, 1.165) is 37.1 Å². The number of hydrogen-bond acceptors (Lipinski definition) is 4. The Labute approximate surface area is 147 Å². The van der Waals surface area contributed by atoms with Gasteiger partial charge in [0.2, 0.25) is 0 Å². The van der Waals surface area contributed by atoms with Crippen molar-refractivity contribution < 1.29 is 0 Å². The van der Waals surface area contributed by atoms with E-state index in [1.165, 1.54) is 44.2 Å². The number of pyridine rings is 1. The number of aromatic nitrogens is 1. The van der Waals surface area contributed by atoms with Crippen LogP contribution in [0.1, 0.15) is 58.1 Å². The van der Waals surface area contributed by atoms with Crippen molar-refractivity contribution in [1.29, 1.82) is 0 Å². The SMILES string of the molecule is Cc1nc(N2CCC(C)(C)CC2)ccc1NC[C@H]1CC[C@H](N)CC1. The molecule has 0 spiro atoms. The number of nitrogens with one attached hydrogen (secondary N) is 1. The second-order valence-electron chi connectivity index (χ2n) is 8.62. The van der Waals surface area contributed by atoms with Crippen LogP contribution >= 0.6 is 0 Å². The summed E-state index contributed by atoms with van der Waals surface area (Å²) in [7, 11) is 0. The van der Waals surface area contributed by atoms with Crippen molar-refractivity contribution in [3.63, 3.8) is 0 Å². The lowest BCUT2D eigenvalue weighted by molar-refractivity contribution is 0.279. The summed E-state index contributed by atoms with van der Waals surface area (Å²) in [4.78, 5) is 7.30. The molecule has 2 heterocycles. The molecule has 0 amide bonds. The van der Waals surface area contributed by atoms with Crippen LogP contribution in [0.5, 0.6) is 0 Å². The highest BCUT2D eigenvalue weighted by molar-refractivity contribution is 5.53. The van der Waals surface area contributed by atoms with Crippen LogP contribution in [-0.2, 0) is 0 Å². The lowest BCUT2D eigenvalue weighted by Gasteiger charge is -2.37. The topological polar surface area (TPSA) is 54.2 Å². The molecule has 4 heteroatoms. The fraction of sp³-hybridized carbons (Fsp3) is 0.750. The summed E-state index contributed by atoms with van der Waals surface area (Å²) in [6.45, 7) is 10.1. The fourth-order valence-corrected chi connectivity index (χ4v) is 3.90. The highest BCUT2D eigenvalue weighted by Gasteiger charge is 2.26. The molecule has 24 heavy (non-hydrogen) atoms. The zero-order valence-electron chi connectivity index (χ0n) is 15.6.